The quantitative estimate of drug-likeness (QED) is 0.660. The third-order valence-electron chi connectivity index (χ3n) is 5.05. The highest BCUT2D eigenvalue weighted by Gasteiger charge is 2.30. The Hall–Kier alpha value is -3.07. The van der Waals surface area contributed by atoms with Crippen LogP contribution in [-0.2, 0) is 20.5 Å². The second kappa shape index (κ2) is 10.0. The average Bonchev–Trinajstić information content (AvgIpc) is 2.77. The van der Waals surface area contributed by atoms with Crippen LogP contribution in [0.25, 0.3) is 0 Å². The second-order valence-corrected chi connectivity index (χ2v) is 7.74. The number of ether oxygens (including phenoxy) is 1. The Morgan fingerprint density at radius 2 is 1.59 bits per heavy atom. The van der Waals surface area contributed by atoms with E-state index in [2.05, 4.69) is 5.32 Å². The molecule has 1 fully saturated rings. The first-order valence-corrected chi connectivity index (χ1v) is 10.2. The Morgan fingerprint density at radius 3 is 2.16 bits per heavy atom. The van der Waals surface area contributed by atoms with Gasteiger partial charge in [0.25, 0.3) is 11.8 Å². The van der Waals surface area contributed by atoms with Crippen molar-refractivity contribution in [2.45, 2.75) is 19.0 Å². The Kier molecular flexibility index (Phi) is 7.40. The van der Waals surface area contributed by atoms with Gasteiger partial charge >= 0.3 is 12.1 Å². The first-order chi connectivity index (χ1) is 15.1. The largest absolute Gasteiger partial charge is 0.455 e. The molecule has 1 aliphatic heterocycles. The molecule has 0 bridgehead atoms. The molecule has 10 heteroatoms. The number of nitrogens with zero attached hydrogens (tertiary/aromatic N) is 1. The number of hydrogen-bond acceptors (Lipinski definition) is 4. The maximum Gasteiger partial charge on any atom is 0.416 e. The van der Waals surface area contributed by atoms with E-state index in [0.29, 0.717) is 36.5 Å². The number of piperidine rings is 1. The number of esters is 1. The van der Waals surface area contributed by atoms with Crippen LogP contribution in [0.3, 0.4) is 0 Å². The van der Waals surface area contributed by atoms with Gasteiger partial charge in [0.15, 0.2) is 6.61 Å². The van der Waals surface area contributed by atoms with E-state index in [9.17, 15) is 27.6 Å². The van der Waals surface area contributed by atoms with Gasteiger partial charge < -0.3 is 15.0 Å². The molecular weight excluding hydrogens is 449 g/mol. The van der Waals surface area contributed by atoms with Crippen molar-refractivity contribution >= 4 is 35.1 Å². The lowest BCUT2D eigenvalue weighted by Crippen LogP contribution is -2.41. The zero-order valence-electron chi connectivity index (χ0n) is 16.8. The molecule has 0 aliphatic carbocycles. The Morgan fingerprint density at radius 1 is 1.00 bits per heavy atom. The van der Waals surface area contributed by atoms with Gasteiger partial charge in [-0.05, 0) is 61.4 Å². The number of anilines is 1. The van der Waals surface area contributed by atoms with Crippen LogP contribution in [-0.4, -0.2) is 42.4 Å². The fourth-order valence-corrected chi connectivity index (χ4v) is 3.41. The minimum atomic E-state index is -4.47. The summed E-state index contributed by atoms with van der Waals surface area (Å²) in [5.41, 5.74) is -0.161. The highest BCUT2D eigenvalue weighted by Crippen LogP contribution is 2.29. The first kappa shape index (κ1) is 23.6. The van der Waals surface area contributed by atoms with E-state index in [0.717, 1.165) is 24.3 Å². The molecule has 1 saturated heterocycles. The van der Waals surface area contributed by atoms with Gasteiger partial charge in [-0.2, -0.15) is 13.2 Å². The van der Waals surface area contributed by atoms with Crippen molar-refractivity contribution in [3.63, 3.8) is 0 Å². The minimum Gasteiger partial charge on any atom is -0.455 e. The summed E-state index contributed by atoms with van der Waals surface area (Å²) in [7, 11) is 0. The van der Waals surface area contributed by atoms with E-state index >= 15 is 0 Å². The van der Waals surface area contributed by atoms with Crippen molar-refractivity contribution in [1.29, 1.82) is 0 Å². The Labute approximate surface area is 187 Å². The van der Waals surface area contributed by atoms with Gasteiger partial charge in [-0.3, -0.25) is 14.4 Å². The van der Waals surface area contributed by atoms with Crippen LogP contribution in [0.15, 0.2) is 48.5 Å². The molecule has 0 unspecified atom stereocenters. The summed E-state index contributed by atoms with van der Waals surface area (Å²) in [4.78, 5) is 38.3. The fraction of sp³-hybridized carbons (Fsp3) is 0.318. The number of amides is 2. The van der Waals surface area contributed by atoms with Crippen LogP contribution >= 0.6 is 11.6 Å². The number of benzene rings is 2. The molecule has 32 heavy (non-hydrogen) atoms. The lowest BCUT2D eigenvalue weighted by molar-refractivity contribution is -0.152. The topological polar surface area (TPSA) is 75.7 Å². The van der Waals surface area contributed by atoms with Crippen LogP contribution in [0.2, 0.25) is 5.02 Å². The monoisotopic (exact) mass is 468 g/mol. The molecule has 0 radical (unpaired) electrons. The molecule has 0 aromatic heterocycles. The summed E-state index contributed by atoms with van der Waals surface area (Å²) >= 11 is 5.83. The molecule has 1 N–H and O–H groups in total. The molecule has 0 atom stereocenters. The number of hydrogen-bond donors (Lipinski definition) is 1. The van der Waals surface area contributed by atoms with Crippen molar-refractivity contribution < 1.29 is 32.3 Å². The first-order valence-electron chi connectivity index (χ1n) is 9.82. The maximum absolute atomic E-state index is 12.6. The molecule has 2 aromatic carbocycles. The maximum atomic E-state index is 12.6. The number of halogens is 4. The standard InChI is InChI=1S/C22H20ClF3N2O4/c23-17-5-1-14(2-6-17)20(30)28-11-9-15(10-12-28)21(31)32-13-19(29)27-18-7-3-16(4-8-18)22(24,25)26/h1-8,15H,9-13H2,(H,27,29). The molecule has 0 spiro atoms. The number of carbonyl (C=O) groups is 3. The van der Waals surface area contributed by atoms with Gasteiger partial charge in [-0.1, -0.05) is 11.6 Å². The van der Waals surface area contributed by atoms with E-state index in [1.54, 1.807) is 29.2 Å². The predicted octanol–water partition coefficient (Wildman–Crippen LogP) is 4.39. The lowest BCUT2D eigenvalue weighted by Gasteiger charge is -2.31. The summed E-state index contributed by atoms with van der Waals surface area (Å²) in [5.74, 6) is -1.80. The van der Waals surface area contributed by atoms with Crippen molar-refractivity contribution in [3.05, 3.63) is 64.7 Å². The summed E-state index contributed by atoms with van der Waals surface area (Å²) in [5, 5.41) is 2.91. The Balaban J connectivity index is 1.42. The molecule has 6 nitrogen and oxygen atoms in total. The molecule has 1 aliphatic rings. The van der Waals surface area contributed by atoms with Crippen molar-refractivity contribution in [2.24, 2.45) is 5.92 Å². The highest BCUT2D eigenvalue weighted by atomic mass is 35.5. The van der Waals surface area contributed by atoms with Crippen molar-refractivity contribution in [1.82, 2.24) is 4.90 Å². The number of nitrogens with one attached hydrogen (secondary N) is 1. The van der Waals surface area contributed by atoms with Gasteiger partial charge in [-0.15, -0.1) is 0 Å². The normalized spacial score (nSPS) is 14.7. The average molecular weight is 469 g/mol. The van der Waals surface area contributed by atoms with E-state index in [4.69, 9.17) is 16.3 Å². The van der Waals surface area contributed by atoms with Gasteiger partial charge in [0.1, 0.15) is 0 Å². The summed E-state index contributed by atoms with van der Waals surface area (Å²) in [6.45, 7) is 0.196. The Bertz CT molecular complexity index is 970. The number of rotatable bonds is 5. The van der Waals surface area contributed by atoms with Crippen LogP contribution in [0.5, 0.6) is 0 Å². The summed E-state index contributed by atoms with van der Waals surface area (Å²) in [6, 6.07) is 10.5. The molecular formula is C22H20ClF3N2O4. The van der Waals surface area contributed by atoms with Crippen LogP contribution in [0.1, 0.15) is 28.8 Å². The van der Waals surface area contributed by atoms with Crippen molar-refractivity contribution in [2.75, 3.05) is 25.0 Å². The van der Waals surface area contributed by atoms with E-state index in [1.165, 1.54) is 0 Å². The van der Waals surface area contributed by atoms with Crippen molar-refractivity contribution in [3.8, 4) is 0 Å². The number of alkyl halides is 3. The molecule has 2 aromatic rings. The molecule has 3 rings (SSSR count). The van der Waals surface area contributed by atoms with Gasteiger partial charge in [-0.25, -0.2) is 0 Å². The van der Waals surface area contributed by atoms with E-state index in [-0.39, 0.29) is 11.6 Å². The lowest BCUT2D eigenvalue weighted by atomic mass is 9.96. The number of likely N-dealkylation sites (tertiary alicyclic amines) is 1. The third kappa shape index (κ3) is 6.23. The molecule has 170 valence electrons. The van der Waals surface area contributed by atoms with Gasteiger partial charge in [0.05, 0.1) is 11.5 Å². The predicted molar refractivity (Wildman–Crippen MR) is 111 cm³/mol. The van der Waals surface area contributed by atoms with Crippen LogP contribution < -0.4 is 5.32 Å². The number of carbonyl (C=O) groups excluding carboxylic acids is 3. The zero-order valence-corrected chi connectivity index (χ0v) is 17.6. The molecule has 2 amide bonds. The van der Waals surface area contributed by atoms with E-state index in [1.807, 2.05) is 0 Å². The fourth-order valence-electron chi connectivity index (χ4n) is 3.29. The van der Waals surface area contributed by atoms with Gasteiger partial charge in [0.2, 0.25) is 0 Å². The van der Waals surface area contributed by atoms with Crippen LogP contribution in [0, 0.1) is 5.92 Å². The smallest absolute Gasteiger partial charge is 0.416 e. The second-order valence-electron chi connectivity index (χ2n) is 7.30. The molecule has 1 heterocycles. The zero-order chi connectivity index (χ0) is 23.3. The SMILES string of the molecule is O=C(COC(=O)C1CCN(C(=O)c2ccc(Cl)cc2)CC1)Nc1ccc(C(F)(F)F)cc1. The highest BCUT2D eigenvalue weighted by molar-refractivity contribution is 6.30. The minimum absolute atomic E-state index is 0.149. The molecule has 0 saturated carbocycles. The van der Waals surface area contributed by atoms with Crippen LogP contribution in [0.4, 0.5) is 18.9 Å². The summed E-state index contributed by atoms with van der Waals surface area (Å²) < 4.78 is 42.7. The summed E-state index contributed by atoms with van der Waals surface area (Å²) in [6.07, 6.45) is -3.66. The van der Waals surface area contributed by atoms with E-state index < -0.39 is 36.1 Å². The van der Waals surface area contributed by atoms with Gasteiger partial charge in [0, 0.05) is 29.4 Å². The third-order valence-corrected chi connectivity index (χ3v) is 5.30.